The number of hydrogen-bond acceptors (Lipinski definition) is 4. The zero-order valence-electron chi connectivity index (χ0n) is 14.0. The molecule has 2 fully saturated rings. The van der Waals surface area contributed by atoms with E-state index < -0.39 is 0 Å². The molecule has 1 aliphatic carbocycles. The highest BCUT2D eigenvalue weighted by Gasteiger charge is 2.34. The zero-order chi connectivity index (χ0) is 16.1. The predicted octanol–water partition coefficient (Wildman–Crippen LogP) is 2.94. The van der Waals surface area contributed by atoms with E-state index in [0.29, 0.717) is 11.4 Å². The van der Waals surface area contributed by atoms with E-state index >= 15 is 0 Å². The molecular weight excluding hydrogens is 290 g/mol. The summed E-state index contributed by atoms with van der Waals surface area (Å²) in [7, 11) is 1.77. The van der Waals surface area contributed by atoms with Crippen LogP contribution in [0.5, 0.6) is 0 Å². The van der Waals surface area contributed by atoms with E-state index in [2.05, 4.69) is 10.3 Å². The van der Waals surface area contributed by atoms with E-state index in [1.807, 2.05) is 17.0 Å². The lowest BCUT2D eigenvalue weighted by atomic mass is 9.87. The largest absolute Gasteiger partial charge is 0.384 e. The van der Waals surface area contributed by atoms with Gasteiger partial charge in [-0.2, -0.15) is 0 Å². The molecule has 1 aromatic rings. The number of rotatable bonds is 6. The van der Waals surface area contributed by atoms with Gasteiger partial charge in [-0.25, -0.2) is 4.98 Å². The Morgan fingerprint density at radius 2 is 2.04 bits per heavy atom. The molecule has 23 heavy (non-hydrogen) atoms. The van der Waals surface area contributed by atoms with E-state index in [-0.39, 0.29) is 11.3 Å². The summed E-state index contributed by atoms with van der Waals surface area (Å²) in [6.45, 7) is 3.31. The smallest absolute Gasteiger partial charge is 0.257 e. The third-order valence-corrected chi connectivity index (χ3v) is 5.18. The fraction of sp³-hybridized carbons (Fsp3) is 0.667. The molecule has 0 atom stereocenters. The van der Waals surface area contributed by atoms with Crippen molar-refractivity contribution >= 4 is 11.7 Å². The Balaban J connectivity index is 1.71. The van der Waals surface area contributed by atoms with Crippen molar-refractivity contribution in [3.8, 4) is 0 Å². The number of pyridine rings is 1. The molecule has 3 rings (SSSR count). The first-order valence-electron chi connectivity index (χ1n) is 8.71. The molecule has 0 aromatic carbocycles. The Labute approximate surface area is 138 Å². The monoisotopic (exact) mass is 317 g/mol. The number of anilines is 1. The second-order valence-electron chi connectivity index (χ2n) is 6.89. The van der Waals surface area contributed by atoms with Crippen molar-refractivity contribution in [1.29, 1.82) is 0 Å². The molecule has 2 heterocycles. The number of carbonyl (C=O) groups excluding carboxylic acids is 1. The van der Waals surface area contributed by atoms with Crippen LogP contribution in [0.2, 0.25) is 0 Å². The quantitative estimate of drug-likeness (QED) is 0.876. The van der Waals surface area contributed by atoms with Gasteiger partial charge in [-0.3, -0.25) is 4.79 Å². The van der Waals surface area contributed by atoms with Gasteiger partial charge in [0.05, 0.1) is 12.2 Å². The SMILES string of the molecule is COCC1(CNc2ncccc2C(=O)N2CCCC2)CCCC1. The fourth-order valence-corrected chi connectivity index (χ4v) is 3.88. The molecule has 126 valence electrons. The first-order chi connectivity index (χ1) is 11.2. The van der Waals surface area contributed by atoms with Crippen molar-refractivity contribution < 1.29 is 9.53 Å². The van der Waals surface area contributed by atoms with Crippen molar-refractivity contribution in [2.24, 2.45) is 5.41 Å². The van der Waals surface area contributed by atoms with Crippen LogP contribution in [-0.4, -0.2) is 49.1 Å². The van der Waals surface area contributed by atoms with Gasteiger partial charge in [0.25, 0.3) is 5.91 Å². The Hall–Kier alpha value is -1.62. The third kappa shape index (κ3) is 3.66. The Kier molecular flexibility index (Phi) is 5.16. The van der Waals surface area contributed by atoms with Gasteiger partial charge in [-0.1, -0.05) is 12.8 Å². The van der Waals surface area contributed by atoms with Crippen LogP contribution < -0.4 is 5.32 Å². The van der Waals surface area contributed by atoms with Crippen LogP contribution in [-0.2, 0) is 4.74 Å². The van der Waals surface area contributed by atoms with Crippen molar-refractivity contribution in [2.75, 3.05) is 38.7 Å². The normalized spacial score (nSPS) is 20.0. The predicted molar refractivity (Wildman–Crippen MR) is 90.6 cm³/mol. The minimum Gasteiger partial charge on any atom is -0.384 e. The lowest BCUT2D eigenvalue weighted by molar-refractivity contribution is 0.0792. The fourth-order valence-electron chi connectivity index (χ4n) is 3.88. The lowest BCUT2D eigenvalue weighted by Gasteiger charge is -2.29. The molecule has 1 saturated carbocycles. The number of aromatic nitrogens is 1. The second-order valence-corrected chi connectivity index (χ2v) is 6.89. The van der Waals surface area contributed by atoms with E-state index in [9.17, 15) is 4.79 Å². The molecule has 0 spiro atoms. The molecular formula is C18H27N3O2. The van der Waals surface area contributed by atoms with Gasteiger partial charge in [0.1, 0.15) is 5.82 Å². The van der Waals surface area contributed by atoms with E-state index in [1.165, 1.54) is 25.7 Å². The first kappa shape index (κ1) is 16.2. The summed E-state index contributed by atoms with van der Waals surface area (Å²) >= 11 is 0. The van der Waals surface area contributed by atoms with Crippen LogP contribution in [0, 0.1) is 5.41 Å². The number of hydrogen-bond donors (Lipinski definition) is 1. The van der Waals surface area contributed by atoms with Crippen molar-refractivity contribution in [3.05, 3.63) is 23.9 Å². The van der Waals surface area contributed by atoms with Crippen molar-refractivity contribution in [2.45, 2.75) is 38.5 Å². The van der Waals surface area contributed by atoms with Crippen LogP contribution in [0.4, 0.5) is 5.82 Å². The number of nitrogens with one attached hydrogen (secondary N) is 1. The summed E-state index contributed by atoms with van der Waals surface area (Å²) < 4.78 is 5.44. The van der Waals surface area contributed by atoms with Crippen molar-refractivity contribution in [3.63, 3.8) is 0 Å². The minimum atomic E-state index is 0.102. The van der Waals surface area contributed by atoms with Crippen LogP contribution in [0.3, 0.4) is 0 Å². The van der Waals surface area contributed by atoms with Gasteiger partial charge in [0, 0.05) is 38.4 Å². The standard InChI is InChI=1S/C18H27N3O2/c1-23-14-18(8-2-3-9-18)13-20-16-15(7-6-10-19-16)17(22)21-11-4-5-12-21/h6-7,10H,2-5,8-9,11-14H2,1H3,(H,19,20). The number of likely N-dealkylation sites (tertiary alicyclic amines) is 1. The molecule has 0 unspecified atom stereocenters. The van der Waals surface area contributed by atoms with E-state index in [0.717, 1.165) is 39.1 Å². The summed E-state index contributed by atoms with van der Waals surface area (Å²) in [4.78, 5) is 19.0. The lowest BCUT2D eigenvalue weighted by Crippen LogP contribution is -2.33. The van der Waals surface area contributed by atoms with Gasteiger partial charge >= 0.3 is 0 Å². The summed E-state index contributed by atoms with van der Waals surface area (Å²) in [5.41, 5.74) is 0.875. The highest BCUT2D eigenvalue weighted by molar-refractivity contribution is 5.98. The summed E-state index contributed by atoms with van der Waals surface area (Å²) in [5.74, 6) is 0.817. The van der Waals surface area contributed by atoms with Gasteiger partial charge in [-0.15, -0.1) is 0 Å². The minimum absolute atomic E-state index is 0.102. The molecule has 2 aliphatic rings. The van der Waals surface area contributed by atoms with Crippen LogP contribution in [0.15, 0.2) is 18.3 Å². The molecule has 1 aliphatic heterocycles. The van der Waals surface area contributed by atoms with E-state index in [1.54, 1.807) is 13.3 Å². The average Bonchev–Trinajstić information content (AvgIpc) is 3.25. The number of methoxy groups -OCH3 is 1. The number of amides is 1. The maximum absolute atomic E-state index is 12.7. The van der Waals surface area contributed by atoms with Crippen LogP contribution in [0.25, 0.3) is 0 Å². The molecule has 0 bridgehead atoms. The number of nitrogens with zero attached hydrogens (tertiary/aromatic N) is 2. The maximum atomic E-state index is 12.7. The molecule has 1 saturated heterocycles. The Morgan fingerprint density at radius 3 is 2.74 bits per heavy atom. The number of ether oxygens (including phenoxy) is 1. The summed E-state index contributed by atoms with van der Waals surface area (Å²) in [5, 5.41) is 3.45. The van der Waals surface area contributed by atoms with Gasteiger partial charge in [-0.05, 0) is 37.8 Å². The first-order valence-corrected chi connectivity index (χ1v) is 8.71. The topological polar surface area (TPSA) is 54.5 Å². The second kappa shape index (κ2) is 7.30. The molecule has 5 nitrogen and oxygen atoms in total. The molecule has 1 aromatic heterocycles. The van der Waals surface area contributed by atoms with Gasteiger partial charge < -0.3 is 15.0 Å². The molecule has 1 N–H and O–H groups in total. The average molecular weight is 317 g/mol. The van der Waals surface area contributed by atoms with Gasteiger partial charge in [0.15, 0.2) is 0 Å². The molecule has 0 radical (unpaired) electrons. The van der Waals surface area contributed by atoms with Crippen molar-refractivity contribution in [1.82, 2.24) is 9.88 Å². The highest BCUT2D eigenvalue weighted by atomic mass is 16.5. The third-order valence-electron chi connectivity index (χ3n) is 5.18. The summed E-state index contributed by atoms with van der Waals surface area (Å²) in [6, 6.07) is 3.72. The zero-order valence-corrected chi connectivity index (χ0v) is 14.0. The Bertz CT molecular complexity index is 535. The molecule has 5 heteroatoms. The van der Waals surface area contributed by atoms with Crippen LogP contribution >= 0.6 is 0 Å². The maximum Gasteiger partial charge on any atom is 0.257 e. The van der Waals surface area contributed by atoms with Crippen LogP contribution in [0.1, 0.15) is 48.9 Å². The number of carbonyl (C=O) groups is 1. The summed E-state index contributed by atoms with van der Waals surface area (Å²) in [6.07, 6.45) is 8.82. The van der Waals surface area contributed by atoms with E-state index in [4.69, 9.17) is 4.74 Å². The van der Waals surface area contributed by atoms with Gasteiger partial charge in [0.2, 0.25) is 0 Å². The Morgan fingerprint density at radius 1 is 1.30 bits per heavy atom. The molecule has 1 amide bonds. The highest BCUT2D eigenvalue weighted by Crippen LogP contribution is 2.38.